The van der Waals surface area contributed by atoms with Gasteiger partial charge in [0.2, 0.25) is 5.91 Å². The van der Waals surface area contributed by atoms with Gasteiger partial charge < -0.3 is 35.4 Å². The van der Waals surface area contributed by atoms with Crippen LogP contribution in [0.25, 0.3) is 0 Å². The minimum absolute atomic E-state index is 0.00306. The smallest absolute Gasteiger partial charge is 0.319 e. The Bertz CT molecular complexity index is 915. The van der Waals surface area contributed by atoms with Gasteiger partial charge in [-0.3, -0.25) is 4.79 Å². The number of piperidine rings is 1. The molecule has 198 valence electrons. The molecule has 9 heteroatoms. The molecule has 2 saturated heterocycles. The highest BCUT2D eigenvalue weighted by atomic mass is 16.6. The maximum absolute atomic E-state index is 12.6. The van der Waals surface area contributed by atoms with Crippen molar-refractivity contribution in [1.82, 2.24) is 15.5 Å². The predicted octanol–water partition coefficient (Wildman–Crippen LogP) is 2.74. The van der Waals surface area contributed by atoms with Gasteiger partial charge in [-0.25, -0.2) is 4.79 Å². The summed E-state index contributed by atoms with van der Waals surface area (Å²) in [5.41, 5.74) is 1.71. The minimum Gasteiger partial charge on any atom is -0.487 e. The van der Waals surface area contributed by atoms with E-state index >= 15 is 0 Å². The van der Waals surface area contributed by atoms with Crippen molar-refractivity contribution >= 4 is 17.6 Å². The molecule has 0 radical (unpaired) electrons. The zero-order valence-corrected chi connectivity index (χ0v) is 21.0. The van der Waals surface area contributed by atoms with Gasteiger partial charge >= 0.3 is 6.03 Å². The van der Waals surface area contributed by atoms with E-state index in [2.05, 4.69) is 20.9 Å². The Morgan fingerprint density at radius 3 is 2.67 bits per heavy atom. The van der Waals surface area contributed by atoms with Crippen LogP contribution in [-0.4, -0.2) is 79.1 Å². The van der Waals surface area contributed by atoms with Crippen molar-refractivity contribution in [2.75, 3.05) is 38.1 Å². The molecule has 4 aliphatic rings. The molecule has 4 atom stereocenters. The molecule has 1 aromatic carbocycles. The average Bonchev–Trinajstić information content (AvgIpc) is 3.52. The van der Waals surface area contributed by atoms with Crippen molar-refractivity contribution in [3.63, 3.8) is 0 Å². The van der Waals surface area contributed by atoms with Crippen molar-refractivity contribution in [3.05, 3.63) is 23.8 Å². The molecular formula is C27H40N4O5. The molecule has 3 aliphatic heterocycles. The van der Waals surface area contributed by atoms with Gasteiger partial charge in [-0.2, -0.15) is 0 Å². The maximum Gasteiger partial charge on any atom is 0.319 e. The molecule has 0 aromatic heterocycles. The molecule has 1 aliphatic carbocycles. The number of benzene rings is 1. The van der Waals surface area contributed by atoms with Gasteiger partial charge in [-0.05, 0) is 63.4 Å². The summed E-state index contributed by atoms with van der Waals surface area (Å²) >= 11 is 0. The molecule has 5 rings (SSSR count). The van der Waals surface area contributed by atoms with Crippen LogP contribution < -0.4 is 20.7 Å². The Hall–Kier alpha value is -2.36. The first kappa shape index (κ1) is 25.3. The number of likely N-dealkylation sites (tertiary alicyclic amines) is 1. The summed E-state index contributed by atoms with van der Waals surface area (Å²) in [4.78, 5) is 27.5. The number of carbonyl (C=O) groups excluding carboxylic acids is 2. The van der Waals surface area contributed by atoms with Crippen molar-refractivity contribution in [2.45, 2.75) is 88.1 Å². The van der Waals surface area contributed by atoms with Crippen LogP contribution in [0.15, 0.2) is 18.2 Å². The van der Waals surface area contributed by atoms with Crippen LogP contribution >= 0.6 is 0 Å². The number of aliphatic hydroxyl groups is 1. The second-order valence-electron chi connectivity index (χ2n) is 10.7. The molecule has 1 aromatic rings. The number of anilines is 1. The van der Waals surface area contributed by atoms with Gasteiger partial charge in [0, 0.05) is 36.3 Å². The van der Waals surface area contributed by atoms with Gasteiger partial charge in [-0.15, -0.1) is 0 Å². The number of aliphatic hydroxyl groups excluding tert-OH is 1. The molecular weight excluding hydrogens is 460 g/mol. The van der Waals surface area contributed by atoms with Crippen LogP contribution in [0.1, 0.15) is 69.3 Å². The van der Waals surface area contributed by atoms with Crippen LogP contribution in [0.2, 0.25) is 0 Å². The van der Waals surface area contributed by atoms with Crippen molar-refractivity contribution in [1.29, 1.82) is 0 Å². The normalized spacial score (nSPS) is 28.1. The zero-order valence-electron chi connectivity index (χ0n) is 21.0. The summed E-state index contributed by atoms with van der Waals surface area (Å²) in [5, 5.41) is 19.0. The fraction of sp³-hybridized carbons (Fsp3) is 0.704. The Balaban J connectivity index is 1.17. The fourth-order valence-corrected chi connectivity index (χ4v) is 6.21. The number of ether oxygens (including phenoxy) is 2. The Labute approximate surface area is 213 Å². The topological polar surface area (TPSA) is 112 Å². The third kappa shape index (κ3) is 6.12. The summed E-state index contributed by atoms with van der Waals surface area (Å²) in [5.74, 6) is 0.724. The van der Waals surface area contributed by atoms with Crippen molar-refractivity contribution in [3.8, 4) is 5.75 Å². The molecule has 3 heterocycles. The first-order chi connectivity index (χ1) is 17.6. The summed E-state index contributed by atoms with van der Waals surface area (Å²) in [6, 6.07) is 5.74. The number of nitrogens with one attached hydrogen (secondary N) is 3. The van der Waals surface area contributed by atoms with Crippen LogP contribution in [0.4, 0.5) is 10.5 Å². The molecule has 3 amide bonds. The molecule has 0 bridgehead atoms. The van der Waals surface area contributed by atoms with E-state index in [1.807, 2.05) is 18.2 Å². The van der Waals surface area contributed by atoms with E-state index in [0.717, 1.165) is 56.6 Å². The fourth-order valence-electron chi connectivity index (χ4n) is 6.21. The van der Waals surface area contributed by atoms with E-state index in [0.29, 0.717) is 18.7 Å². The van der Waals surface area contributed by atoms with Crippen LogP contribution in [-0.2, 0) is 9.53 Å². The number of nitrogens with zero attached hydrogens (tertiary/aromatic N) is 1. The average molecular weight is 501 g/mol. The lowest BCUT2D eigenvalue weighted by Gasteiger charge is -2.37. The molecule has 1 saturated carbocycles. The Morgan fingerprint density at radius 1 is 1.08 bits per heavy atom. The lowest BCUT2D eigenvalue weighted by atomic mass is 9.84. The lowest BCUT2D eigenvalue weighted by Crippen LogP contribution is -2.47. The first-order valence-electron chi connectivity index (χ1n) is 13.7. The quantitative estimate of drug-likeness (QED) is 0.437. The van der Waals surface area contributed by atoms with Crippen molar-refractivity contribution in [2.24, 2.45) is 0 Å². The largest absolute Gasteiger partial charge is 0.487 e. The molecule has 0 unspecified atom stereocenters. The highest BCUT2D eigenvalue weighted by molar-refractivity contribution is 5.89. The van der Waals surface area contributed by atoms with Crippen molar-refractivity contribution < 1.29 is 24.2 Å². The molecule has 0 spiro atoms. The van der Waals surface area contributed by atoms with Gasteiger partial charge in [0.25, 0.3) is 0 Å². The zero-order chi connectivity index (χ0) is 24.9. The number of fused-ring (bicyclic) bond motifs is 3. The molecule has 9 nitrogen and oxygen atoms in total. The van der Waals surface area contributed by atoms with Gasteiger partial charge in [-0.1, -0.05) is 19.3 Å². The summed E-state index contributed by atoms with van der Waals surface area (Å²) in [6.07, 6.45) is 7.96. The van der Waals surface area contributed by atoms with Gasteiger partial charge in [0.15, 0.2) is 0 Å². The number of hydrogen-bond donors (Lipinski definition) is 4. The van der Waals surface area contributed by atoms with E-state index in [4.69, 9.17) is 9.47 Å². The third-order valence-electron chi connectivity index (χ3n) is 8.06. The van der Waals surface area contributed by atoms with E-state index in [1.54, 1.807) is 0 Å². The highest BCUT2D eigenvalue weighted by Crippen LogP contribution is 2.47. The van der Waals surface area contributed by atoms with Crippen LogP contribution in [0.3, 0.4) is 0 Å². The molecule has 4 N–H and O–H groups in total. The highest BCUT2D eigenvalue weighted by Gasteiger charge is 2.46. The summed E-state index contributed by atoms with van der Waals surface area (Å²) in [6.45, 7) is 3.58. The number of hydrogen-bond acceptors (Lipinski definition) is 6. The van der Waals surface area contributed by atoms with E-state index in [9.17, 15) is 14.7 Å². The monoisotopic (exact) mass is 500 g/mol. The van der Waals surface area contributed by atoms with Gasteiger partial charge in [0.05, 0.1) is 19.1 Å². The van der Waals surface area contributed by atoms with E-state index in [1.165, 1.54) is 19.3 Å². The van der Waals surface area contributed by atoms with E-state index in [-0.39, 0.29) is 49.1 Å². The second-order valence-corrected chi connectivity index (χ2v) is 10.7. The molecule has 36 heavy (non-hydrogen) atoms. The summed E-state index contributed by atoms with van der Waals surface area (Å²) in [7, 11) is 0. The number of amides is 3. The van der Waals surface area contributed by atoms with Crippen LogP contribution in [0.5, 0.6) is 5.75 Å². The Morgan fingerprint density at radius 2 is 1.89 bits per heavy atom. The summed E-state index contributed by atoms with van der Waals surface area (Å²) < 4.78 is 12.2. The van der Waals surface area contributed by atoms with E-state index < -0.39 is 6.10 Å². The lowest BCUT2D eigenvalue weighted by molar-refractivity contribution is -0.142. The third-order valence-corrected chi connectivity index (χ3v) is 8.06. The maximum atomic E-state index is 12.6. The SMILES string of the molecule is O=C(C[C@@H]1C[C@@H]2c3cc(NC(=O)NC4CCCC4)ccc3O[C@@H]2[C@@H](CO)O1)NCCN1CCCCC1. The number of urea groups is 1. The van der Waals surface area contributed by atoms with Gasteiger partial charge in [0.1, 0.15) is 18.0 Å². The minimum atomic E-state index is -0.496. The molecule has 3 fully saturated rings. The predicted molar refractivity (Wildman–Crippen MR) is 136 cm³/mol. The number of carbonyl (C=O) groups is 2. The Kier molecular flexibility index (Phi) is 8.29. The second kappa shape index (κ2) is 11.8. The standard InChI is InChI=1S/C27H40N4O5/c32-17-24-26-22(15-20(35-24)16-25(33)28-10-13-31-11-4-1-5-12-31)21-14-19(8-9-23(21)36-26)30-27(34)29-18-6-2-3-7-18/h8-9,14,18,20,22,24,26,32H,1-7,10-13,15-17H2,(H,28,33)(H2,29,30,34)/t20-,22+,24+,26-/m0/s1. The van der Waals surface area contributed by atoms with Crippen LogP contribution in [0, 0.1) is 0 Å². The first-order valence-corrected chi connectivity index (χ1v) is 13.7. The number of rotatable bonds is 8.